The Morgan fingerprint density at radius 1 is 1.17 bits per heavy atom. The Balaban J connectivity index is 1.64. The molecule has 0 bridgehead atoms. The van der Waals surface area contributed by atoms with Crippen molar-refractivity contribution < 1.29 is 18.6 Å². The highest BCUT2D eigenvalue weighted by Gasteiger charge is 2.18. The first-order valence-corrected chi connectivity index (χ1v) is 7.89. The number of aromatic nitrogens is 2. The molecule has 24 heavy (non-hydrogen) atoms. The number of hydrogen-bond donors (Lipinski definition) is 0. The zero-order valence-corrected chi connectivity index (χ0v) is 13.4. The van der Waals surface area contributed by atoms with Gasteiger partial charge in [0.05, 0.1) is 11.8 Å². The molecule has 0 radical (unpaired) electrons. The fraction of sp³-hybridized carbons (Fsp3) is 0.0714. The van der Waals surface area contributed by atoms with Crippen LogP contribution >= 0.6 is 23.4 Å². The molecule has 0 spiro atoms. The summed E-state index contributed by atoms with van der Waals surface area (Å²) in [5, 5.41) is 18.8. The first kappa shape index (κ1) is 16.2. The van der Waals surface area contributed by atoms with Crippen LogP contribution in [-0.4, -0.2) is 26.7 Å². The van der Waals surface area contributed by atoms with E-state index in [1.54, 1.807) is 24.3 Å². The van der Waals surface area contributed by atoms with Gasteiger partial charge >= 0.3 is 5.88 Å². The molecule has 2 aromatic heterocycles. The van der Waals surface area contributed by atoms with Gasteiger partial charge in [-0.3, -0.25) is 14.9 Å². The molecular formula is C14H8ClN3O5S. The summed E-state index contributed by atoms with van der Waals surface area (Å²) in [6.45, 7) is 0. The van der Waals surface area contributed by atoms with Gasteiger partial charge in [0, 0.05) is 10.6 Å². The maximum atomic E-state index is 12.0. The van der Waals surface area contributed by atoms with E-state index in [1.165, 1.54) is 12.1 Å². The molecule has 0 saturated heterocycles. The second-order valence-electron chi connectivity index (χ2n) is 4.49. The number of thioether (sulfide) groups is 1. The molecule has 0 aliphatic rings. The van der Waals surface area contributed by atoms with Gasteiger partial charge in [-0.05, 0) is 30.3 Å². The topological polar surface area (TPSA) is 112 Å². The van der Waals surface area contributed by atoms with Crippen LogP contribution in [0.1, 0.15) is 10.4 Å². The summed E-state index contributed by atoms with van der Waals surface area (Å²) in [6.07, 6.45) is 0. The molecule has 0 atom stereocenters. The molecule has 3 rings (SSSR count). The fourth-order valence-corrected chi connectivity index (χ4v) is 2.54. The third-order valence-corrected chi connectivity index (χ3v) is 3.95. The highest BCUT2D eigenvalue weighted by atomic mass is 35.5. The number of Topliss-reactive ketones (excluding diaryl/α,β-unsaturated/α-hetero) is 1. The summed E-state index contributed by atoms with van der Waals surface area (Å²) in [6, 6.07) is 9.08. The maximum Gasteiger partial charge on any atom is 0.433 e. The molecule has 3 aromatic rings. The Bertz CT molecular complexity index is 890. The van der Waals surface area contributed by atoms with Crippen LogP contribution in [0.2, 0.25) is 5.02 Å². The van der Waals surface area contributed by atoms with Crippen LogP contribution in [0.3, 0.4) is 0 Å². The van der Waals surface area contributed by atoms with Crippen molar-refractivity contribution >= 4 is 35.0 Å². The van der Waals surface area contributed by atoms with E-state index in [1.807, 2.05) is 0 Å². The molecule has 0 aliphatic heterocycles. The molecule has 122 valence electrons. The van der Waals surface area contributed by atoms with Gasteiger partial charge in [-0.2, -0.15) is 0 Å². The molecule has 0 saturated carbocycles. The number of furan rings is 1. The van der Waals surface area contributed by atoms with Crippen molar-refractivity contribution in [3.8, 4) is 11.7 Å². The zero-order chi connectivity index (χ0) is 17.1. The van der Waals surface area contributed by atoms with Crippen molar-refractivity contribution in [2.45, 2.75) is 5.22 Å². The van der Waals surface area contributed by atoms with E-state index < -0.39 is 10.8 Å². The molecule has 0 amide bonds. The van der Waals surface area contributed by atoms with E-state index in [2.05, 4.69) is 10.2 Å². The third-order valence-electron chi connectivity index (χ3n) is 2.88. The van der Waals surface area contributed by atoms with Crippen molar-refractivity contribution in [1.82, 2.24) is 10.2 Å². The number of nitrogens with zero attached hydrogens (tertiary/aromatic N) is 3. The number of ketones is 1. The number of carbonyl (C=O) groups excluding carboxylic acids is 1. The minimum absolute atomic E-state index is 0.00421. The lowest BCUT2D eigenvalue weighted by Crippen LogP contribution is -2.01. The molecule has 8 nitrogen and oxygen atoms in total. The average Bonchev–Trinajstić information content (AvgIpc) is 3.22. The molecule has 2 heterocycles. The molecule has 0 fully saturated rings. The lowest BCUT2D eigenvalue weighted by Gasteiger charge is -1.98. The van der Waals surface area contributed by atoms with Crippen molar-refractivity contribution in [2.75, 3.05) is 5.75 Å². The largest absolute Gasteiger partial charge is 0.433 e. The Labute approximate surface area is 144 Å². The van der Waals surface area contributed by atoms with Crippen LogP contribution in [0, 0.1) is 10.1 Å². The van der Waals surface area contributed by atoms with Crippen LogP contribution in [0.25, 0.3) is 11.7 Å². The molecule has 1 aromatic carbocycles. The molecule has 0 unspecified atom stereocenters. The van der Waals surface area contributed by atoms with Gasteiger partial charge in [0.25, 0.3) is 11.1 Å². The summed E-state index contributed by atoms with van der Waals surface area (Å²) in [4.78, 5) is 22.0. The summed E-state index contributed by atoms with van der Waals surface area (Å²) in [7, 11) is 0. The average molecular weight is 366 g/mol. The number of halogens is 1. The predicted molar refractivity (Wildman–Crippen MR) is 85.2 cm³/mol. The monoisotopic (exact) mass is 365 g/mol. The molecule has 10 heteroatoms. The van der Waals surface area contributed by atoms with Crippen LogP contribution in [0.4, 0.5) is 5.88 Å². The second kappa shape index (κ2) is 6.85. The van der Waals surface area contributed by atoms with Crippen LogP contribution in [0.15, 0.2) is 50.5 Å². The Kier molecular flexibility index (Phi) is 4.63. The SMILES string of the molecule is O=C(CSc1nnc(-c2ccc([N+](=O)[O-])o2)o1)c1ccc(Cl)cc1. The predicted octanol–water partition coefficient (Wildman–Crippen LogP) is 3.87. The summed E-state index contributed by atoms with van der Waals surface area (Å²) < 4.78 is 10.3. The quantitative estimate of drug-likeness (QED) is 0.280. The van der Waals surface area contributed by atoms with Crippen molar-refractivity contribution in [3.63, 3.8) is 0 Å². The number of hydrogen-bond acceptors (Lipinski definition) is 8. The van der Waals surface area contributed by atoms with Crippen molar-refractivity contribution in [3.05, 3.63) is 57.1 Å². The Hall–Kier alpha value is -2.65. The van der Waals surface area contributed by atoms with Gasteiger partial charge in [0.2, 0.25) is 0 Å². The van der Waals surface area contributed by atoms with Crippen LogP contribution in [0.5, 0.6) is 0 Å². The van der Waals surface area contributed by atoms with Gasteiger partial charge < -0.3 is 8.83 Å². The normalized spacial score (nSPS) is 10.7. The van der Waals surface area contributed by atoms with Crippen LogP contribution in [-0.2, 0) is 0 Å². The number of carbonyl (C=O) groups is 1. The van der Waals surface area contributed by atoms with E-state index in [0.29, 0.717) is 10.6 Å². The van der Waals surface area contributed by atoms with Crippen LogP contribution < -0.4 is 0 Å². The lowest BCUT2D eigenvalue weighted by atomic mass is 10.1. The fourth-order valence-electron chi connectivity index (χ4n) is 1.75. The van der Waals surface area contributed by atoms with E-state index in [9.17, 15) is 14.9 Å². The summed E-state index contributed by atoms with van der Waals surface area (Å²) in [5.41, 5.74) is 0.522. The molecule has 0 aliphatic carbocycles. The third kappa shape index (κ3) is 3.63. The summed E-state index contributed by atoms with van der Waals surface area (Å²) >= 11 is 6.83. The minimum Gasteiger partial charge on any atom is -0.408 e. The highest BCUT2D eigenvalue weighted by Crippen LogP contribution is 2.27. The van der Waals surface area contributed by atoms with Gasteiger partial charge in [-0.25, -0.2) is 0 Å². The number of benzene rings is 1. The van der Waals surface area contributed by atoms with E-state index in [4.69, 9.17) is 20.4 Å². The Morgan fingerprint density at radius 2 is 1.92 bits per heavy atom. The van der Waals surface area contributed by atoms with Crippen molar-refractivity contribution in [2.24, 2.45) is 0 Å². The number of nitro groups is 1. The van der Waals surface area contributed by atoms with Gasteiger partial charge in [0.15, 0.2) is 11.5 Å². The van der Waals surface area contributed by atoms with E-state index in [-0.39, 0.29) is 28.4 Å². The first-order chi connectivity index (χ1) is 11.5. The summed E-state index contributed by atoms with van der Waals surface area (Å²) in [5.74, 6) is -0.350. The van der Waals surface area contributed by atoms with Gasteiger partial charge in [-0.1, -0.05) is 23.4 Å². The smallest absolute Gasteiger partial charge is 0.408 e. The maximum absolute atomic E-state index is 12.0. The zero-order valence-electron chi connectivity index (χ0n) is 11.8. The van der Waals surface area contributed by atoms with Crippen molar-refractivity contribution in [1.29, 1.82) is 0 Å². The first-order valence-electron chi connectivity index (χ1n) is 6.52. The second-order valence-corrected chi connectivity index (χ2v) is 5.85. The lowest BCUT2D eigenvalue weighted by molar-refractivity contribution is -0.401. The highest BCUT2D eigenvalue weighted by molar-refractivity contribution is 7.99. The van der Waals surface area contributed by atoms with E-state index >= 15 is 0 Å². The van der Waals surface area contributed by atoms with Gasteiger partial charge in [-0.15, -0.1) is 10.2 Å². The number of rotatable bonds is 6. The molecule has 0 N–H and O–H groups in total. The Morgan fingerprint density at radius 3 is 2.58 bits per heavy atom. The van der Waals surface area contributed by atoms with E-state index in [0.717, 1.165) is 11.8 Å². The minimum atomic E-state index is -0.666. The van der Waals surface area contributed by atoms with Gasteiger partial charge in [0.1, 0.15) is 4.92 Å². The molecular weight excluding hydrogens is 358 g/mol. The standard InChI is InChI=1S/C14H8ClN3O5S/c15-9-3-1-8(2-4-9)10(19)7-24-14-17-16-13(23-14)11-5-6-12(22-11)18(20)21/h1-6H,7H2.